The fourth-order valence-electron chi connectivity index (χ4n) is 3.47. The third-order valence-corrected chi connectivity index (χ3v) is 4.90. The maximum Gasteiger partial charge on any atom is 0.256 e. The highest BCUT2D eigenvalue weighted by atomic mass is 16.5. The molecule has 4 heterocycles. The number of hydrogen-bond donors (Lipinski definition) is 2. The van der Waals surface area contributed by atoms with Crippen molar-refractivity contribution in [1.82, 2.24) is 15.3 Å². The molecule has 27 heavy (non-hydrogen) atoms. The molecule has 4 rings (SSSR count). The first-order valence-electron chi connectivity index (χ1n) is 9.09. The van der Waals surface area contributed by atoms with E-state index < -0.39 is 0 Å². The van der Waals surface area contributed by atoms with E-state index in [-0.39, 0.29) is 12.0 Å². The molecule has 0 aromatic carbocycles. The Bertz CT molecular complexity index is 832. The highest BCUT2D eigenvalue weighted by molar-refractivity contribution is 6.00. The molecule has 2 aromatic heterocycles. The minimum absolute atomic E-state index is 0.0777. The zero-order valence-corrected chi connectivity index (χ0v) is 15.5. The Morgan fingerprint density at radius 1 is 1.22 bits per heavy atom. The van der Waals surface area contributed by atoms with Gasteiger partial charge in [-0.15, -0.1) is 0 Å². The van der Waals surface area contributed by atoms with Gasteiger partial charge in [0.1, 0.15) is 23.5 Å². The summed E-state index contributed by atoms with van der Waals surface area (Å²) in [6.07, 6.45) is 3.64. The molecule has 0 atom stereocenters. The lowest BCUT2D eigenvalue weighted by Crippen LogP contribution is -2.40. The van der Waals surface area contributed by atoms with E-state index in [1.165, 1.54) is 0 Å². The monoisotopic (exact) mass is 369 g/mol. The summed E-state index contributed by atoms with van der Waals surface area (Å²) >= 11 is 0. The number of ether oxygens (including phenoxy) is 2. The number of pyridine rings is 2. The van der Waals surface area contributed by atoms with Crippen LogP contribution in [0.5, 0.6) is 11.6 Å². The quantitative estimate of drug-likeness (QED) is 0.851. The van der Waals surface area contributed by atoms with E-state index in [0.29, 0.717) is 23.9 Å². The number of piperidine rings is 1. The molecule has 0 radical (unpaired) electrons. The predicted octanol–water partition coefficient (Wildman–Crippen LogP) is 1.95. The van der Waals surface area contributed by atoms with Gasteiger partial charge in [0.25, 0.3) is 5.91 Å². The number of aryl methyl sites for hydroxylation is 1. The van der Waals surface area contributed by atoms with Gasteiger partial charge in [0.05, 0.1) is 25.5 Å². The maximum atomic E-state index is 11.9. The van der Waals surface area contributed by atoms with Crippen LogP contribution in [0.25, 0.3) is 0 Å². The number of methoxy groups -OCH3 is 1. The molecule has 0 spiro atoms. The number of hydrogen-bond acceptors (Lipinski definition) is 7. The second kappa shape index (κ2) is 7.30. The van der Waals surface area contributed by atoms with Gasteiger partial charge >= 0.3 is 0 Å². The number of fused-ring (bicyclic) bond motifs is 1. The molecule has 2 aromatic rings. The summed E-state index contributed by atoms with van der Waals surface area (Å²) in [5.41, 5.74) is 1.61. The average Bonchev–Trinajstić information content (AvgIpc) is 2.70. The Kier molecular flexibility index (Phi) is 4.70. The standard InChI is InChI=1S/C19H23N5O3/c1-12-9-15-17(21-11-22-19(15)25)23-18(12)24-7-5-13(6-8-24)27-14-3-4-16(26-2)20-10-14/h3-4,9-10,13H,5-8,11H2,1-2H3,(H,21,23)(H,22,25). The van der Waals surface area contributed by atoms with Crippen LogP contribution in [0.15, 0.2) is 24.4 Å². The molecule has 0 saturated carbocycles. The smallest absolute Gasteiger partial charge is 0.256 e. The summed E-state index contributed by atoms with van der Waals surface area (Å²) in [6.45, 7) is 4.11. The second-order valence-electron chi connectivity index (χ2n) is 6.73. The van der Waals surface area contributed by atoms with Crippen molar-refractivity contribution in [3.63, 3.8) is 0 Å². The van der Waals surface area contributed by atoms with Crippen molar-refractivity contribution in [3.05, 3.63) is 35.5 Å². The Labute approximate surface area is 157 Å². The highest BCUT2D eigenvalue weighted by Gasteiger charge is 2.25. The lowest BCUT2D eigenvalue weighted by molar-refractivity contribution is 0.0952. The van der Waals surface area contributed by atoms with Crippen LogP contribution in [0.4, 0.5) is 11.6 Å². The maximum absolute atomic E-state index is 11.9. The van der Waals surface area contributed by atoms with Crippen molar-refractivity contribution >= 4 is 17.5 Å². The Morgan fingerprint density at radius 2 is 2.04 bits per heavy atom. The average molecular weight is 369 g/mol. The molecule has 8 heteroatoms. The van der Waals surface area contributed by atoms with Crippen molar-refractivity contribution in [2.24, 2.45) is 0 Å². The summed E-state index contributed by atoms with van der Waals surface area (Å²) < 4.78 is 11.1. The van der Waals surface area contributed by atoms with Crippen molar-refractivity contribution < 1.29 is 14.3 Å². The third-order valence-electron chi connectivity index (χ3n) is 4.90. The lowest BCUT2D eigenvalue weighted by atomic mass is 10.1. The van der Waals surface area contributed by atoms with E-state index in [9.17, 15) is 4.79 Å². The number of amides is 1. The summed E-state index contributed by atoms with van der Waals surface area (Å²) in [6, 6.07) is 5.59. The molecule has 1 fully saturated rings. The molecule has 1 amide bonds. The first-order valence-corrected chi connectivity index (χ1v) is 9.09. The van der Waals surface area contributed by atoms with E-state index in [4.69, 9.17) is 14.5 Å². The third kappa shape index (κ3) is 3.60. The molecule has 1 saturated heterocycles. The summed E-state index contributed by atoms with van der Waals surface area (Å²) in [5, 5.41) is 5.91. The topological polar surface area (TPSA) is 88.6 Å². The van der Waals surface area contributed by atoms with Gasteiger partial charge in [-0.2, -0.15) is 0 Å². The fourth-order valence-corrected chi connectivity index (χ4v) is 3.47. The molecular formula is C19H23N5O3. The van der Waals surface area contributed by atoms with Gasteiger partial charge in [0, 0.05) is 32.0 Å². The van der Waals surface area contributed by atoms with Gasteiger partial charge in [-0.1, -0.05) is 0 Å². The molecule has 2 aliphatic rings. The van der Waals surface area contributed by atoms with Crippen LogP contribution in [0, 0.1) is 6.92 Å². The van der Waals surface area contributed by atoms with Crippen molar-refractivity contribution in [2.45, 2.75) is 25.9 Å². The summed E-state index contributed by atoms with van der Waals surface area (Å²) in [7, 11) is 1.59. The summed E-state index contributed by atoms with van der Waals surface area (Å²) in [5.74, 6) is 2.84. The molecular weight excluding hydrogens is 346 g/mol. The number of rotatable bonds is 4. The van der Waals surface area contributed by atoms with Crippen LogP contribution in [0.1, 0.15) is 28.8 Å². The predicted molar refractivity (Wildman–Crippen MR) is 102 cm³/mol. The number of carbonyl (C=O) groups excluding carboxylic acids is 1. The van der Waals surface area contributed by atoms with E-state index in [1.807, 2.05) is 19.1 Å². The molecule has 142 valence electrons. The first kappa shape index (κ1) is 17.4. The second-order valence-corrected chi connectivity index (χ2v) is 6.73. The van der Waals surface area contributed by atoms with Gasteiger partial charge in [-0.05, 0) is 24.6 Å². The molecule has 0 bridgehead atoms. The lowest BCUT2D eigenvalue weighted by Gasteiger charge is -2.34. The van der Waals surface area contributed by atoms with Crippen LogP contribution in [0.2, 0.25) is 0 Å². The van der Waals surface area contributed by atoms with Gasteiger partial charge in [-0.25, -0.2) is 9.97 Å². The van der Waals surface area contributed by atoms with Crippen LogP contribution in [-0.2, 0) is 0 Å². The van der Waals surface area contributed by atoms with Crippen LogP contribution in [0.3, 0.4) is 0 Å². The fraction of sp³-hybridized carbons (Fsp3) is 0.421. The van der Waals surface area contributed by atoms with Gasteiger partial charge in [0.2, 0.25) is 5.88 Å². The Hall–Kier alpha value is -3.03. The van der Waals surface area contributed by atoms with Gasteiger partial charge in [-0.3, -0.25) is 4.79 Å². The first-order chi connectivity index (χ1) is 13.1. The van der Waals surface area contributed by atoms with Gasteiger partial charge in [0.15, 0.2) is 0 Å². The minimum Gasteiger partial charge on any atom is -0.489 e. The van der Waals surface area contributed by atoms with Crippen molar-refractivity contribution in [3.8, 4) is 11.6 Å². The largest absolute Gasteiger partial charge is 0.489 e. The SMILES string of the molecule is COc1ccc(OC2CCN(c3nc4c(cc3C)C(=O)NCN4)CC2)cn1. The number of aromatic nitrogens is 2. The zero-order chi connectivity index (χ0) is 18.8. The molecule has 0 aliphatic carbocycles. The number of nitrogens with zero attached hydrogens (tertiary/aromatic N) is 3. The number of nitrogens with one attached hydrogen (secondary N) is 2. The molecule has 2 N–H and O–H groups in total. The minimum atomic E-state index is -0.0777. The highest BCUT2D eigenvalue weighted by Crippen LogP contribution is 2.28. The number of carbonyl (C=O) groups is 1. The van der Waals surface area contributed by atoms with Crippen molar-refractivity contribution in [1.29, 1.82) is 0 Å². The molecule has 2 aliphatic heterocycles. The molecule has 8 nitrogen and oxygen atoms in total. The number of anilines is 2. The normalized spacial score (nSPS) is 17.0. The van der Waals surface area contributed by atoms with E-state index in [0.717, 1.165) is 43.1 Å². The molecule has 0 unspecified atom stereocenters. The van der Waals surface area contributed by atoms with Crippen LogP contribution in [-0.4, -0.2) is 48.8 Å². The zero-order valence-electron chi connectivity index (χ0n) is 15.5. The van der Waals surface area contributed by atoms with Crippen LogP contribution >= 0.6 is 0 Å². The van der Waals surface area contributed by atoms with E-state index >= 15 is 0 Å². The van der Waals surface area contributed by atoms with Crippen LogP contribution < -0.4 is 25.0 Å². The van der Waals surface area contributed by atoms with Gasteiger partial charge < -0.3 is 25.0 Å². The van der Waals surface area contributed by atoms with E-state index in [2.05, 4.69) is 20.5 Å². The van der Waals surface area contributed by atoms with E-state index in [1.54, 1.807) is 19.4 Å². The van der Waals surface area contributed by atoms with Crippen molar-refractivity contribution in [2.75, 3.05) is 37.1 Å². The Balaban J connectivity index is 1.41. The summed E-state index contributed by atoms with van der Waals surface area (Å²) in [4.78, 5) is 23.1. The Morgan fingerprint density at radius 3 is 2.74 bits per heavy atom.